The molecule has 6 heteroatoms. The first kappa shape index (κ1) is 17.1. The molecule has 2 atom stereocenters. The highest BCUT2D eigenvalue weighted by molar-refractivity contribution is 5.93. The van der Waals surface area contributed by atoms with Gasteiger partial charge in [-0.25, -0.2) is 0 Å². The van der Waals surface area contributed by atoms with E-state index in [-0.39, 0.29) is 0 Å². The zero-order valence-corrected chi connectivity index (χ0v) is 14.3. The van der Waals surface area contributed by atoms with Gasteiger partial charge in [-0.3, -0.25) is 0 Å². The van der Waals surface area contributed by atoms with Crippen LogP contribution in [0, 0.1) is 12.8 Å². The van der Waals surface area contributed by atoms with Crippen LogP contribution in [0.25, 0.3) is 10.9 Å². The van der Waals surface area contributed by atoms with E-state index >= 15 is 0 Å². The van der Waals surface area contributed by atoms with Gasteiger partial charge in [-0.05, 0) is 51.1 Å². The first-order valence-electron chi connectivity index (χ1n) is 8.35. The quantitative estimate of drug-likeness (QED) is 0.901. The fourth-order valence-electron chi connectivity index (χ4n) is 3.70. The summed E-state index contributed by atoms with van der Waals surface area (Å²) < 4.78 is 39.9. The van der Waals surface area contributed by atoms with E-state index < -0.39 is 12.7 Å². The molecule has 0 radical (unpaired) electrons. The summed E-state index contributed by atoms with van der Waals surface area (Å²) in [5.74, 6) is 0.498. The van der Waals surface area contributed by atoms with Crippen LogP contribution in [0.15, 0.2) is 24.3 Å². The third-order valence-electron chi connectivity index (χ3n) is 4.94. The van der Waals surface area contributed by atoms with E-state index in [2.05, 4.69) is 24.2 Å². The lowest BCUT2D eigenvalue weighted by atomic mass is 9.94. The summed E-state index contributed by atoms with van der Waals surface area (Å²) in [6, 6.07) is 7.75. The first-order chi connectivity index (χ1) is 11.2. The average molecular weight is 339 g/mol. The Morgan fingerprint density at radius 1 is 1.29 bits per heavy atom. The third kappa shape index (κ3) is 3.53. The molecule has 1 saturated heterocycles. The summed E-state index contributed by atoms with van der Waals surface area (Å²) >= 11 is 0. The van der Waals surface area contributed by atoms with Crippen molar-refractivity contribution in [3.05, 3.63) is 30.0 Å². The Bertz CT molecular complexity index is 720. The van der Waals surface area contributed by atoms with Gasteiger partial charge in [0.2, 0.25) is 0 Å². The molecule has 1 aliphatic heterocycles. The van der Waals surface area contributed by atoms with Crippen LogP contribution < -0.4 is 5.32 Å². The number of halogens is 3. The van der Waals surface area contributed by atoms with E-state index in [9.17, 15) is 13.2 Å². The fourth-order valence-corrected chi connectivity index (χ4v) is 3.70. The highest BCUT2D eigenvalue weighted by Crippen LogP contribution is 2.31. The van der Waals surface area contributed by atoms with Crippen LogP contribution in [-0.2, 0) is 6.54 Å². The number of alkyl halides is 3. The average Bonchev–Trinajstić information content (AvgIpc) is 2.78. The molecular formula is C18H24F3N3. The minimum Gasteiger partial charge on any atom is -0.381 e. The van der Waals surface area contributed by atoms with Crippen LogP contribution in [0.2, 0.25) is 0 Å². The highest BCUT2D eigenvalue weighted by atomic mass is 19.4. The van der Waals surface area contributed by atoms with E-state index in [1.807, 2.05) is 18.2 Å². The number of rotatable bonds is 3. The maximum absolute atomic E-state index is 12.8. The van der Waals surface area contributed by atoms with Crippen molar-refractivity contribution in [1.29, 1.82) is 0 Å². The Balaban J connectivity index is 1.91. The largest absolute Gasteiger partial charge is 0.406 e. The molecule has 24 heavy (non-hydrogen) atoms. The van der Waals surface area contributed by atoms with Crippen LogP contribution in [-0.4, -0.2) is 41.8 Å². The van der Waals surface area contributed by atoms with Crippen molar-refractivity contribution in [3.63, 3.8) is 0 Å². The van der Waals surface area contributed by atoms with E-state index in [0.29, 0.717) is 23.2 Å². The molecule has 0 aliphatic carbocycles. The second kappa shape index (κ2) is 6.31. The van der Waals surface area contributed by atoms with Crippen molar-refractivity contribution in [2.24, 2.45) is 5.92 Å². The standard InChI is InChI=1S/C18H24F3N3/c1-12-10-23(3)8-7-15(12)22-16-5-4-6-17-14(16)9-13(2)24(17)11-18(19,20)21/h4-6,9,12,15,22H,7-8,10-11H2,1-3H3. The van der Waals surface area contributed by atoms with E-state index in [4.69, 9.17) is 0 Å². The predicted octanol–water partition coefficient (Wildman–Crippen LogP) is 4.26. The molecule has 2 aromatic rings. The number of benzene rings is 1. The molecule has 0 bridgehead atoms. The number of fused-ring (bicyclic) bond motifs is 1. The smallest absolute Gasteiger partial charge is 0.381 e. The second-order valence-corrected chi connectivity index (χ2v) is 7.00. The highest BCUT2D eigenvalue weighted by Gasteiger charge is 2.30. The number of nitrogens with zero attached hydrogens (tertiary/aromatic N) is 2. The second-order valence-electron chi connectivity index (χ2n) is 7.00. The third-order valence-corrected chi connectivity index (χ3v) is 4.94. The molecule has 132 valence electrons. The van der Waals surface area contributed by atoms with Crippen molar-refractivity contribution in [2.45, 2.75) is 39.0 Å². The van der Waals surface area contributed by atoms with Gasteiger partial charge in [0.25, 0.3) is 0 Å². The molecule has 0 spiro atoms. The Morgan fingerprint density at radius 2 is 2.04 bits per heavy atom. The van der Waals surface area contributed by atoms with Gasteiger partial charge in [0.15, 0.2) is 0 Å². The number of piperidine rings is 1. The summed E-state index contributed by atoms with van der Waals surface area (Å²) in [7, 11) is 2.12. The maximum Gasteiger partial charge on any atom is 0.406 e. The molecule has 1 aromatic heterocycles. The lowest BCUT2D eigenvalue weighted by molar-refractivity contribution is -0.140. The molecule has 0 saturated carbocycles. The molecule has 1 aromatic carbocycles. The minimum absolute atomic E-state index is 0.345. The molecule has 1 fully saturated rings. The van der Waals surface area contributed by atoms with Gasteiger partial charge >= 0.3 is 6.18 Å². The Morgan fingerprint density at radius 3 is 2.71 bits per heavy atom. The number of likely N-dealkylation sites (tertiary alicyclic amines) is 1. The lowest BCUT2D eigenvalue weighted by Gasteiger charge is -2.36. The molecule has 2 heterocycles. The maximum atomic E-state index is 12.8. The van der Waals surface area contributed by atoms with Gasteiger partial charge in [0.05, 0.1) is 5.52 Å². The van der Waals surface area contributed by atoms with Crippen molar-refractivity contribution < 1.29 is 13.2 Å². The van der Waals surface area contributed by atoms with Crippen molar-refractivity contribution in [1.82, 2.24) is 9.47 Å². The van der Waals surface area contributed by atoms with Crippen molar-refractivity contribution >= 4 is 16.6 Å². The number of aromatic nitrogens is 1. The molecule has 0 amide bonds. The summed E-state index contributed by atoms with van der Waals surface area (Å²) in [5.41, 5.74) is 2.20. The van der Waals surface area contributed by atoms with Crippen molar-refractivity contribution in [3.8, 4) is 0 Å². The molecule has 3 nitrogen and oxygen atoms in total. The van der Waals surface area contributed by atoms with Crippen molar-refractivity contribution in [2.75, 3.05) is 25.5 Å². The zero-order valence-electron chi connectivity index (χ0n) is 14.3. The van der Waals surface area contributed by atoms with Crippen LogP contribution >= 0.6 is 0 Å². The predicted molar refractivity (Wildman–Crippen MR) is 91.4 cm³/mol. The number of nitrogens with one attached hydrogen (secondary N) is 1. The minimum atomic E-state index is -4.22. The van der Waals surface area contributed by atoms with Gasteiger partial charge in [-0.1, -0.05) is 13.0 Å². The molecule has 2 unspecified atom stereocenters. The number of hydrogen-bond acceptors (Lipinski definition) is 2. The van der Waals surface area contributed by atoms with Gasteiger partial charge in [0, 0.05) is 29.4 Å². The van der Waals surface area contributed by atoms with E-state index in [0.717, 1.165) is 30.6 Å². The van der Waals surface area contributed by atoms with Gasteiger partial charge < -0.3 is 14.8 Å². The van der Waals surface area contributed by atoms with Crippen LogP contribution in [0.5, 0.6) is 0 Å². The number of hydrogen-bond donors (Lipinski definition) is 1. The number of anilines is 1. The lowest BCUT2D eigenvalue weighted by Crippen LogP contribution is -2.43. The fraction of sp³-hybridized carbons (Fsp3) is 0.556. The summed E-state index contributed by atoms with van der Waals surface area (Å²) in [5, 5.41) is 4.44. The van der Waals surface area contributed by atoms with Crippen LogP contribution in [0.4, 0.5) is 18.9 Å². The van der Waals surface area contributed by atoms with Crippen LogP contribution in [0.3, 0.4) is 0 Å². The SMILES string of the molecule is Cc1cc2c(NC3CCN(C)CC3C)cccc2n1CC(F)(F)F. The topological polar surface area (TPSA) is 20.2 Å². The van der Waals surface area contributed by atoms with Gasteiger partial charge in [0.1, 0.15) is 6.54 Å². The Kier molecular flexibility index (Phi) is 4.51. The van der Waals surface area contributed by atoms with Gasteiger partial charge in [-0.2, -0.15) is 13.2 Å². The Labute approximate surface area is 140 Å². The molecule has 1 aliphatic rings. The number of aryl methyl sites for hydroxylation is 1. The summed E-state index contributed by atoms with van der Waals surface area (Å²) in [6.45, 7) is 5.06. The molecule has 3 rings (SSSR count). The summed E-state index contributed by atoms with van der Waals surface area (Å²) in [6.07, 6.45) is -3.18. The zero-order chi connectivity index (χ0) is 17.5. The van der Waals surface area contributed by atoms with E-state index in [1.54, 1.807) is 13.0 Å². The monoisotopic (exact) mass is 339 g/mol. The first-order valence-corrected chi connectivity index (χ1v) is 8.35. The molecule has 1 N–H and O–H groups in total. The normalized spacial score (nSPS) is 22.9. The molecular weight excluding hydrogens is 315 g/mol. The Hall–Kier alpha value is -1.69. The van der Waals surface area contributed by atoms with Gasteiger partial charge in [-0.15, -0.1) is 0 Å². The summed E-state index contributed by atoms with van der Waals surface area (Å²) in [4.78, 5) is 2.31. The van der Waals surface area contributed by atoms with Crippen LogP contribution in [0.1, 0.15) is 19.0 Å². The van der Waals surface area contributed by atoms with E-state index in [1.165, 1.54) is 4.57 Å².